The lowest BCUT2D eigenvalue weighted by Gasteiger charge is -2.16. The van der Waals surface area contributed by atoms with Crippen molar-refractivity contribution in [1.82, 2.24) is 0 Å². The molecule has 0 aromatic rings. The minimum absolute atomic E-state index is 0.510. The van der Waals surface area contributed by atoms with Crippen LogP contribution in [0.25, 0.3) is 0 Å². The molecule has 0 aliphatic carbocycles. The summed E-state index contributed by atoms with van der Waals surface area (Å²) in [5.74, 6) is 0. The number of aliphatic hydroxyl groups is 1. The van der Waals surface area contributed by atoms with E-state index in [9.17, 15) is 9.50 Å². The Balaban J connectivity index is 3.06. The van der Waals surface area contributed by atoms with E-state index in [1.165, 1.54) is 19.3 Å². The van der Waals surface area contributed by atoms with Crippen LogP contribution in [0.5, 0.6) is 0 Å². The van der Waals surface area contributed by atoms with Gasteiger partial charge in [0.2, 0.25) is 0 Å². The zero-order valence-corrected chi connectivity index (χ0v) is 10.6. The first kappa shape index (κ1) is 14.9. The van der Waals surface area contributed by atoms with Crippen molar-refractivity contribution in [3.8, 4) is 0 Å². The van der Waals surface area contributed by atoms with Crippen molar-refractivity contribution in [2.45, 2.75) is 83.9 Å². The number of unbranched alkanes of at least 4 members (excludes halogenated alkanes) is 5. The highest BCUT2D eigenvalue weighted by Gasteiger charge is 2.10. The van der Waals surface area contributed by atoms with Crippen LogP contribution < -0.4 is 0 Å². The Kier molecular flexibility index (Phi) is 8.03. The van der Waals surface area contributed by atoms with Gasteiger partial charge >= 0.3 is 0 Å². The number of hydrogen-bond donors (Lipinski definition) is 1. The van der Waals surface area contributed by atoms with Crippen molar-refractivity contribution in [1.29, 1.82) is 0 Å². The van der Waals surface area contributed by atoms with E-state index >= 15 is 0 Å². The van der Waals surface area contributed by atoms with Crippen LogP contribution in [0.15, 0.2) is 0 Å². The predicted molar refractivity (Wildman–Crippen MR) is 63.8 cm³/mol. The molecule has 0 amide bonds. The van der Waals surface area contributed by atoms with Crippen LogP contribution in [0.1, 0.15) is 72.1 Å². The molecule has 0 aliphatic rings. The maximum atomic E-state index is 12.4. The average Bonchev–Trinajstić information content (AvgIpc) is 2.07. The van der Waals surface area contributed by atoms with Crippen LogP contribution in [0.3, 0.4) is 0 Å². The Morgan fingerprint density at radius 3 is 1.93 bits per heavy atom. The third kappa shape index (κ3) is 13.9. The summed E-state index contributed by atoms with van der Waals surface area (Å²) in [5, 5.41) is 9.48. The van der Waals surface area contributed by atoms with E-state index in [1.54, 1.807) is 6.92 Å². The summed E-state index contributed by atoms with van der Waals surface area (Å²) in [4.78, 5) is 0. The molecule has 0 heterocycles. The zero-order valence-electron chi connectivity index (χ0n) is 10.6. The SMILES string of the molecule is CC(F)CCCCCCCCC(C)(C)O. The monoisotopic (exact) mass is 218 g/mol. The zero-order chi connectivity index (χ0) is 11.7. The molecule has 92 valence electrons. The summed E-state index contributed by atoms with van der Waals surface area (Å²) in [7, 11) is 0. The van der Waals surface area contributed by atoms with Gasteiger partial charge in [-0.25, -0.2) is 4.39 Å². The molecule has 0 bridgehead atoms. The molecule has 2 heteroatoms. The Bertz CT molecular complexity index is 138. The smallest absolute Gasteiger partial charge is 0.0973 e. The average molecular weight is 218 g/mol. The van der Waals surface area contributed by atoms with E-state index < -0.39 is 11.8 Å². The quantitative estimate of drug-likeness (QED) is 0.574. The fourth-order valence-electron chi connectivity index (χ4n) is 1.69. The highest BCUT2D eigenvalue weighted by atomic mass is 19.1. The highest BCUT2D eigenvalue weighted by molar-refractivity contribution is 4.64. The number of halogens is 1. The Hall–Kier alpha value is -0.110. The van der Waals surface area contributed by atoms with Crippen molar-refractivity contribution < 1.29 is 9.50 Å². The molecule has 0 radical (unpaired) electrons. The van der Waals surface area contributed by atoms with Gasteiger partial charge in [-0.15, -0.1) is 0 Å². The van der Waals surface area contributed by atoms with Crippen molar-refractivity contribution in [2.75, 3.05) is 0 Å². The first-order valence-electron chi connectivity index (χ1n) is 6.28. The summed E-state index contributed by atoms with van der Waals surface area (Å²) >= 11 is 0. The van der Waals surface area contributed by atoms with Crippen molar-refractivity contribution in [3.05, 3.63) is 0 Å². The molecular weight excluding hydrogens is 191 g/mol. The van der Waals surface area contributed by atoms with Crippen LogP contribution in [0.2, 0.25) is 0 Å². The van der Waals surface area contributed by atoms with Gasteiger partial charge in [-0.3, -0.25) is 0 Å². The summed E-state index contributed by atoms with van der Waals surface area (Å²) in [6.45, 7) is 5.34. The molecule has 15 heavy (non-hydrogen) atoms. The van der Waals surface area contributed by atoms with Gasteiger partial charge in [0.1, 0.15) is 0 Å². The lowest BCUT2D eigenvalue weighted by molar-refractivity contribution is 0.0680. The molecule has 0 aromatic carbocycles. The minimum atomic E-state index is -0.639. The summed E-state index contributed by atoms with van der Waals surface area (Å²) in [6.07, 6.45) is 7.84. The van der Waals surface area contributed by atoms with Gasteiger partial charge in [0.15, 0.2) is 0 Å². The second-order valence-corrected chi connectivity index (χ2v) is 5.25. The molecule has 0 spiro atoms. The molecule has 1 nitrogen and oxygen atoms in total. The van der Waals surface area contributed by atoms with Crippen molar-refractivity contribution in [2.24, 2.45) is 0 Å². The lowest BCUT2D eigenvalue weighted by Crippen LogP contribution is -2.17. The van der Waals surface area contributed by atoms with Crippen LogP contribution in [0, 0.1) is 0 Å². The fourth-order valence-corrected chi connectivity index (χ4v) is 1.69. The Morgan fingerprint density at radius 1 is 1.00 bits per heavy atom. The van der Waals surface area contributed by atoms with E-state index in [2.05, 4.69) is 0 Å². The summed E-state index contributed by atoms with van der Waals surface area (Å²) in [5.41, 5.74) is -0.510. The van der Waals surface area contributed by atoms with Crippen LogP contribution in [-0.4, -0.2) is 16.9 Å². The first-order valence-corrected chi connectivity index (χ1v) is 6.28. The molecule has 1 unspecified atom stereocenters. The largest absolute Gasteiger partial charge is 0.390 e. The van der Waals surface area contributed by atoms with E-state index in [0.717, 1.165) is 25.7 Å². The molecule has 0 rings (SSSR count). The molecule has 0 fully saturated rings. The van der Waals surface area contributed by atoms with Gasteiger partial charge in [-0.2, -0.15) is 0 Å². The highest BCUT2D eigenvalue weighted by Crippen LogP contribution is 2.15. The second-order valence-electron chi connectivity index (χ2n) is 5.25. The van der Waals surface area contributed by atoms with E-state index in [-0.39, 0.29) is 0 Å². The Labute approximate surface area is 94.1 Å². The predicted octanol–water partition coefficient (Wildman–Crippen LogP) is 4.24. The number of rotatable bonds is 9. The normalized spacial score (nSPS) is 14.2. The lowest BCUT2D eigenvalue weighted by atomic mass is 9.99. The summed E-state index contributed by atoms with van der Waals surface area (Å²) in [6, 6.07) is 0. The fraction of sp³-hybridized carbons (Fsp3) is 1.00. The minimum Gasteiger partial charge on any atom is -0.390 e. The third-order valence-electron chi connectivity index (χ3n) is 2.64. The van der Waals surface area contributed by atoms with Gasteiger partial charge in [0.25, 0.3) is 0 Å². The third-order valence-corrected chi connectivity index (χ3v) is 2.64. The Morgan fingerprint density at radius 2 is 1.47 bits per heavy atom. The molecular formula is C13H27FO. The van der Waals surface area contributed by atoms with Gasteiger partial charge < -0.3 is 5.11 Å². The molecule has 0 aromatic heterocycles. The molecule has 0 saturated carbocycles. The maximum absolute atomic E-state index is 12.4. The topological polar surface area (TPSA) is 20.2 Å². The van der Waals surface area contributed by atoms with Crippen LogP contribution in [0.4, 0.5) is 4.39 Å². The van der Waals surface area contributed by atoms with Crippen LogP contribution in [-0.2, 0) is 0 Å². The maximum Gasteiger partial charge on any atom is 0.0973 e. The molecule has 0 saturated heterocycles. The molecule has 1 N–H and O–H groups in total. The second kappa shape index (κ2) is 8.09. The van der Waals surface area contributed by atoms with Crippen LogP contribution >= 0.6 is 0 Å². The summed E-state index contributed by atoms with van der Waals surface area (Å²) < 4.78 is 12.4. The van der Waals surface area contributed by atoms with E-state index in [4.69, 9.17) is 0 Å². The van der Waals surface area contributed by atoms with E-state index in [1.807, 2.05) is 13.8 Å². The molecule has 1 atom stereocenters. The van der Waals surface area contributed by atoms with Gasteiger partial charge in [-0.05, 0) is 33.6 Å². The van der Waals surface area contributed by atoms with Crippen molar-refractivity contribution >= 4 is 0 Å². The van der Waals surface area contributed by atoms with E-state index in [0.29, 0.717) is 6.42 Å². The molecule has 0 aliphatic heterocycles. The standard InChI is InChI=1S/C13H27FO/c1-12(14)10-8-6-4-5-7-9-11-13(2,3)15/h12,15H,4-11H2,1-3H3. The van der Waals surface area contributed by atoms with Crippen molar-refractivity contribution in [3.63, 3.8) is 0 Å². The first-order chi connectivity index (χ1) is 6.92. The number of hydrogen-bond acceptors (Lipinski definition) is 1. The number of alkyl halides is 1. The van der Waals surface area contributed by atoms with Gasteiger partial charge in [0, 0.05) is 0 Å². The van der Waals surface area contributed by atoms with Gasteiger partial charge in [-0.1, -0.05) is 38.5 Å². The van der Waals surface area contributed by atoms with Gasteiger partial charge in [0.05, 0.1) is 11.8 Å².